The van der Waals surface area contributed by atoms with Crippen LogP contribution in [0.15, 0.2) is 53.1 Å². The average molecular weight is 495 g/mol. The molecule has 0 aliphatic carbocycles. The van der Waals surface area contributed by atoms with Crippen LogP contribution in [-0.2, 0) is 13.2 Å². The fourth-order valence-electron chi connectivity index (χ4n) is 2.73. The second-order valence-electron chi connectivity index (χ2n) is 6.28. The Bertz CT molecular complexity index is 1030. The molecular weight excluding hydrogens is 474 g/mol. The maximum atomic E-state index is 12.3. The minimum absolute atomic E-state index is 0.139. The van der Waals surface area contributed by atoms with Gasteiger partial charge in [0.1, 0.15) is 11.4 Å². The molecule has 2 aromatic carbocycles. The number of aromatic nitrogens is 2. The molecule has 3 rings (SSSR count). The molecule has 0 spiro atoms. The second-order valence-corrected chi connectivity index (χ2v) is 7.61. The van der Waals surface area contributed by atoms with Crippen LogP contribution in [0.1, 0.15) is 16.1 Å². The highest BCUT2D eigenvalue weighted by molar-refractivity contribution is 9.10. The van der Waals surface area contributed by atoms with E-state index >= 15 is 0 Å². The number of amides is 1. The van der Waals surface area contributed by atoms with Crippen molar-refractivity contribution in [3.63, 3.8) is 0 Å². The Hall–Kier alpha value is -2.71. The summed E-state index contributed by atoms with van der Waals surface area (Å²) in [6.45, 7) is 0.604. The predicted molar refractivity (Wildman–Crippen MR) is 118 cm³/mol. The molecule has 7 nitrogen and oxygen atoms in total. The Morgan fingerprint density at radius 2 is 1.87 bits per heavy atom. The van der Waals surface area contributed by atoms with E-state index in [1.165, 1.54) is 4.68 Å². The van der Waals surface area contributed by atoms with Crippen molar-refractivity contribution in [2.24, 2.45) is 0 Å². The van der Waals surface area contributed by atoms with Crippen LogP contribution in [0.25, 0.3) is 0 Å². The van der Waals surface area contributed by atoms with Crippen molar-refractivity contribution in [2.75, 3.05) is 20.8 Å². The molecule has 0 atom stereocenters. The number of ether oxygens (including phenoxy) is 3. The van der Waals surface area contributed by atoms with Crippen LogP contribution >= 0.6 is 27.5 Å². The fourth-order valence-corrected chi connectivity index (χ4v) is 3.46. The SMILES string of the molecule is COc1ccc(CCNC(=O)c2ccn(COc3ccc(Br)cc3Cl)n2)cc1OC. The van der Waals surface area contributed by atoms with Crippen molar-refractivity contribution >= 4 is 33.4 Å². The Morgan fingerprint density at radius 3 is 2.60 bits per heavy atom. The zero-order valence-corrected chi connectivity index (χ0v) is 18.9. The average Bonchev–Trinajstić information content (AvgIpc) is 3.22. The van der Waals surface area contributed by atoms with Gasteiger partial charge in [0, 0.05) is 17.2 Å². The molecule has 1 N–H and O–H groups in total. The lowest BCUT2D eigenvalue weighted by Crippen LogP contribution is -2.26. The summed E-state index contributed by atoms with van der Waals surface area (Å²) < 4.78 is 18.6. The van der Waals surface area contributed by atoms with Gasteiger partial charge < -0.3 is 19.5 Å². The maximum Gasteiger partial charge on any atom is 0.271 e. The summed E-state index contributed by atoms with van der Waals surface area (Å²) in [7, 11) is 3.18. The third-order valence-electron chi connectivity index (χ3n) is 4.27. The molecule has 1 heterocycles. The number of rotatable bonds is 9. The lowest BCUT2D eigenvalue weighted by atomic mass is 10.1. The zero-order valence-electron chi connectivity index (χ0n) is 16.5. The first-order chi connectivity index (χ1) is 14.5. The topological polar surface area (TPSA) is 74.6 Å². The van der Waals surface area contributed by atoms with E-state index in [-0.39, 0.29) is 12.6 Å². The van der Waals surface area contributed by atoms with E-state index in [1.807, 2.05) is 24.3 Å². The van der Waals surface area contributed by atoms with Crippen LogP contribution < -0.4 is 19.5 Å². The molecule has 0 bridgehead atoms. The van der Waals surface area contributed by atoms with Gasteiger partial charge in [-0.2, -0.15) is 5.10 Å². The van der Waals surface area contributed by atoms with E-state index in [0.717, 1.165) is 10.0 Å². The van der Waals surface area contributed by atoms with Crippen molar-refractivity contribution in [1.29, 1.82) is 0 Å². The summed E-state index contributed by atoms with van der Waals surface area (Å²) in [5.74, 6) is 1.61. The Morgan fingerprint density at radius 1 is 1.10 bits per heavy atom. The molecule has 0 saturated carbocycles. The number of halogens is 2. The monoisotopic (exact) mass is 493 g/mol. The first kappa shape index (κ1) is 22.0. The van der Waals surface area contributed by atoms with Crippen molar-refractivity contribution in [3.8, 4) is 17.2 Å². The number of carbonyl (C=O) groups is 1. The van der Waals surface area contributed by atoms with Crippen LogP contribution in [0.2, 0.25) is 5.02 Å². The van der Waals surface area contributed by atoms with Gasteiger partial charge in [-0.25, -0.2) is 4.68 Å². The molecule has 1 amide bonds. The third-order valence-corrected chi connectivity index (χ3v) is 5.06. The molecule has 30 heavy (non-hydrogen) atoms. The largest absolute Gasteiger partial charge is 0.493 e. The molecule has 3 aromatic rings. The molecule has 0 fully saturated rings. The summed E-state index contributed by atoms with van der Waals surface area (Å²) in [6, 6.07) is 12.7. The Labute approximate surface area is 188 Å². The van der Waals surface area contributed by atoms with Gasteiger partial charge >= 0.3 is 0 Å². The van der Waals surface area contributed by atoms with Gasteiger partial charge in [0.2, 0.25) is 0 Å². The first-order valence-corrected chi connectivity index (χ1v) is 10.3. The lowest BCUT2D eigenvalue weighted by Gasteiger charge is -2.10. The zero-order chi connectivity index (χ0) is 21.5. The quantitative estimate of drug-likeness (QED) is 0.479. The Kier molecular flexibility index (Phi) is 7.59. The van der Waals surface area contributed by atoms with Crippen LogP contribution in [0.5, 0.6) is 17.2 Å². The van der Waals surface area contributed by atoms with Crippen LogP contribution in [-0.4, -0.2) is 36.5 Å². The van der Waals surface area contributed by atoms with E-state index in [9.17, 15) is 4.79 Å². The Balaban J connectivity index is 1.50. The van der Waals surface area contributed by atoms with E-state index in [0.29, 0.717) is 40.9 Å². The summed E-state index contributed by atoms with van der Waals surface area (Å²) in [5, 5.41) is 7.59. The molecule has 0 radical (unpaired) electrons. The number of methoxy groups -OCH3 is 2. The second kappa shape index (κ2) is 10.4. The van der Waals surface area contributed by atoms with Gasteiger partial charge in [-0.05, 0) is 48.4 Å². The van der Waals surface area contributed by atoms with Gasteiger partial charge in [0.05, 0.1) is 19.2 Å². The number of nitrogens with zero attached hydrogens (tertiary/aromatic N) is 2. The molecule has 158 valence electrons. The van der Waals surface area contributed by atoms with Gasteiger partial charge in [0.15, 0.2) is 18.2 Å². The van der Waals surface area contributed by atoms with E-state index in [4.69, 9.17) is 25.8 Å². The number of benzene rings is 2. The van der Waals surface area contributed by atoms with Gasteiger partial charge in [-0.3, -0.25) is 4.79 Å². The maximum absolute atomic E-state index is 12.3. The van der Waals surface area contributed by atoms with Crippen molar-refractivity contribution in [2.45, 2.75) is 13.2 Å². The lowest BCUT2D eigenvalue weighted by molar-refractivity contribution is 0.0947. The summed E-state index contributed by atoms with van der Waals surface area (Å²) in [5.41, 5.74) is 1.34. The molecule has 0 saturated heterocycles. The normalized spacial score (nSPS) is 10.5. The summed E-state index contributed by atoms with van der Waals surface area (Å²) in [6.07, 6.45) is 2.33. The first-order valence-electron chi connectivity index (χ1n) is 9.10. The van der Waals surface area contributed by atoms with Crippen LogP contribution in [0.4, 0.5) is 0 Å². The van der Waals surface area contributed by atoms with Crippen molar-refractivity contribution < 1.29 is 19.0 Å². The van der Waals surface area contributed by atoms with Gasteiger partial charge in [-0.1, -0.05) is 33.6 Å². The third kappa shape index (κ3) is 5.67. The van der Waals surface area contributed by atoms with E-state index in [2.05, 4.69) is 26.3 Å². The van der Waals surface area contributed by atoms with Crippen molar-refractivity contribution in [3.05, 3.63) is 69.4 Å². The van der Waals surface area contributed by atoms with Gasteiger partial charge in [-0.15, -0.1) is 0 Å². The molecule has 0 aliphatic heterocycles. The van der Waals surface area contributed by atoms with Gasteiger partial charge in [0.25, 0.3) is 5.91 Å². The standard InChI is InChI=1S/C21H21BrClN3O4/c1-28-19-5-3-14(11-20(19)29-2)7-9-24-21(27)17-8-10-26(25-17)13-30-18-6-4-15(22)12-16(18)23/h3-6,8,10-12H,7,9,13H2,1-2H3,(H,24,27). The molecule has 0 unspecified atom stereocenters. The minimum atomic E-state index is -0.254. The number of nitrogens with one attached hydrogen (secondary N) is 1. The number of carbonyl (C=O) groups excluding carboxylic acids is 1. The highest BCUT2D eigenvalue weighted by atomic mass is 79.9. The summed E-state index contributed by atoms with van der Waals surface area (Å²) in [4.78, 5) is 12.3. The van der Waals surface area contributed by atoms with Crippen LogP contribution in [0.3, 0.4) is 0 Å². The minimum Gasteiger partial charge on any atom is -0.493 e. The molecule has 9 heteroatoms. The molecular formula is C21H21BrClN3O4. The van der Waals surface area contributed by atoms with E-state index < -0.39 is 0 Å². The molecule has 1 aromatic heterocycles. The molecule has 0 aliphatic rings. The smallest absolute Gasteiger partial charge is 0.271 e. The number of hydrogen-bond acceptors (Lipinski definition) is 5. The predicted octanol–water partition coefficient (Wildman–Crippen LogP) is 4.33. The highest BCUT2D eigenvalue weighted by Gasteiger charge is 2.11. The number of hydrogen-bond donors (Lipinski definition) is 1. The van der Waals surface area contributed by atoms with E-state index in [1.54, 1.807) is 38.6 Å². The fraction of sp³-hybridized carbons (Fsp3) is 0.238. The van der Waals surface area contributed by atoms with Crippen molar-refractivity contribution in [1.82, 2.24) is 15.1 Å². The summed E-state index contributed by atoms with van der Waals surface area (Å²) >= 11 is 9.48. The van der Waals surface area contributed by atoms with Crippen LogP contribution in [0, 0.1) is 0 Å². The highest BCUT2D eigenvalue weighted by Crippen LogP contribution is 2.28.